The quantitative estimate of drug-likeness (QED) is 0.643. The Balaban J connectivity index is 2.32. The SMILES string of the molecule is CNC(=O)c1cc(-c2cnc3cc(OC)c(S(=O)(=O)C(C)(C)C)cn23)cc(F)c1OC. The molecule has 0 aliphatic heterocycles. The Morgan fingerprint density at radius 3 is 2.39 bits per heavy atom. The zero-order valence-electron chi connectivity index (χ0n) is 18.1. The molecule has 0 unspecified atom stereocenters. The lowest BCUT2D eigenvalue weighted by Gasteiger charge is -2.21. The molecule has 0 saturated carbocycles. The molecular formula is C21H24FN3O5S. The smallest absolute Gasteiger partial charge is 0.254 e. The summed E-state index contributed by atoms with van der Waals surface area (Å²) >= 11 is 0. The van der Waals surface area contributed by atoms with E-state index in [9.17, 15) is 17.6 Å². The first kappa shape index (κ1) is 22.5. The van der Waals surface area contributed by atoms with Crippen LogP contribution in [0.5, 0.6) is 11.5 Å². The maximum absolute atomic E-state index is 14.7. The largest absolute Gasteiger partial charge is 0.495 e. The van der Waals surface area contributed by atoms with Crippen molar-refractivity contribution in [2.45, 2.75) is 30.4 Å². The number of hydrogen-bond acceptors (Lipinski definition) is 6. The summed E-state index contributed by atoms with van der Waals surface area (Å²) in [6.45, 7) is 4.78. The second-order valence-electron chi connectivity index (χ2n) is 7.81. The number of ether oxygens (including phenoxy) is 2. The summed E-state index contributed by atoms with van der Waals surface area (Å²) in [5, 5.41) is 2.45. The van der Waals surface area contributed by atoms with Crippen LogP contribution in [0, 0.1) is 5.82 Å². The third-order valence-corrected chi connectivity index (χ3v) is 7.40. The van der Waals surface area contributed by atoms with Crippen molar-refractivity contribution in [1.82, 2.24) is 14.7 Å². The van der Waals surface area contributed by atoms with E-state index in [0.717, 1.165) is 0 Å². The Morgan fingerprint density at radius 1 is 1.16 bits per heavy atom. The van der Waals surface area contributed by atoms with E-state index in [4.69, 9.17) is 9.47 Å². The third kappa shape index (κ3) is 3.71. The first-order valence-electron chi connectivity index (χ1n) is 9.36. The Bertz CT molecular complexity index is 1280. The number of sulfone groups is 1. The molecule has 3 rings (SSSR count). The maximum atomic E-state index is 14.7. The van der Waals surface area contributed by atoms with Gasteiger partial charge < -0.3 is 14.8 Å². The number of benzene rings is 1. The van der Waals surface area contributed by atoms with E-state index in [0.29, 0.717) is 16.9 Å². The number of fused-ring (bicyclic) bond motifs is 1. The van der Waals surface area contributed by atoms with Crippen molar-refractivity contribution in [2.24, 2.45) is 0 Å². The van der Waals surface area contributed by atoms with E-state index in [1.807, 2.05) is 0 Å². The molecule has 0 spiro atoms. The van der Waals surface area contributed by atoms with Gasteiger partial charge in [0.1, 0.15) is 16.3 Å². The predicted molar refractivity (Wildman–Crippen MR) is 114 cm³/mol. The van der Waals surface area contributed by atoms with Crippen LogP contribution in [0.4, 0.5) is 4.39 Å². The molecule has 0 fully saturated rings. The second-order valence-corrected chi connectivity index (χ2v) is 10.5. The topological polar surface area (TPSA) is 99.0 Å². The summed E-state index contributed by atoms with van der Waals surface area (Å²) in [6, 6.07) is 4.17. The van der Waals surface area contributed by atoms with Crippen molar-refractivity contribution in [3.05, 3.63) is 42.0 Å². The molecule has 166 valence electrons. The lowest BCUT2D eigenvalue weighted by molar-refractivity contribution is 0.0959. The Hall–Kier alpha value is -3.14. The number of halogens is 1. The van der Waals surface area contributed by atoms with Gasteiger partial charge in [-0.2, -0.15) is 0 Å². The van der Waals surface area contributed by atoms with Crippen LogP contribution in [0.15, 0.2) is 35.5 Å². The van der Waals surface area contributed by atoms with Gasteiger partial charge in [0.05, 0.1) is 36.4 Å². The fraction of sp³-hybridized carbons (Fsp3) is 0.333. The normalized spacial score (nSPS) is 12.1. The number of imidazole rings is 1. The number of rotatable bonds is 5. The summed E-state index contributed by atoms with van der Waals surface area (Å²) in [4.78, 5) is 16.5. The van der Waals surface area contributed by atoms with Crippen LogP contribution in [0.2, 0.25) is 0 Å². The number of aromatic nitrogens is 2. The molecule has 1 amide bonds. The van der Waals surface area contributed by atoms with Crippen LogP contribution in [-0.4, -0.2) is 49.7 Å². The number of nitrogens with zero attached hydrogens (tertiary/aromatic N) is 2. The van der Waals surface area contributed by atoms with E-state index < -0.39 is 26.3 Å². The number of carbonyl (C=O) groups excluding carboxylic acids is 1. The van der Waals surface area contributed by atoms with Crippen molar-refractivity contribution < 1.29 is 27.1 Å². The number of amides is 1. The van der Waals surface area contributed by atoms with Crippen LogP contribution in [0.3, 0.4) is 0 Å². The van der Waals surface area contributed by atoms with Crippen molar-refractivity contribution >= 4 is 21.4 Å². The van der Waals surface area contributed by atoms with Gasteiger partial charge in [-0.1, -0.05) is 0 Å². The first-order valence-corrected chi connectivity index (χ1v) is 10.8. The number of hydrogen-bond donors (Lipinski definition) is 1. The van der Waals surface area contributed by atoms with Crippen molar-refractivity contribution in [3.8, 4) is 22.8 Å². The van der Waals surface area contributed by atoms with E-state index in [1.165, 1.54) is 56.3 Å². The first-order chi connectivity index (χ1) is 14.5. The minimum atomic E-state index is -3.76. The molecule has 1 N–H and O–H groups in total. The summed E-state index contributed by atoms with van der Waals surface area (Å²) in [5.41, 5.74) is 1.13. The molecule has 3 aromatic rings. The van der Waals surface area contributed by atoms with Crippen LogP contribution in [0.1, 0.15) is 31.1 Å². The minimum Gasteiger partial charge on any atom is -0.495 e. The lowest BCUT2D eigenvalue weighted by atomic mass is 10.1. The fourth-order valence-corrected chi connectivity index (χ4v) is 4.45. The molecular weight excluding hydrogens is 425 g/mol. The molecule has 1 aromatic carbocycles. The van der Waals surface area contributed by atoms with Crippen LogP contribution >= 0.6 is 0 Å². The highest BCUT2D eigenvalue weighted by Crippen LogP contribution is 2.35. The Labute approximate surface area is 179 Å². The van der Waals surface area contributed by atoms with Gasteiger partial charge in [0.25, 0.3) is 5.91 Å². The number of pyridine rings is 1. The van der Waals surface area contributed by atoms with Gasteiger partial charge >= 0.3 is 0 Å². The molecule has 0 radical (unpaired) electrons. The van der Waals surface area contributed by atoms with Crippen molar-refractivity contribution in [2.75, 3.05) is 21.3 Å². The number of nitrogens with one attached hydrogen (secondary N) is 1. The van der Waals surface area contributed by atoms with Crippen molar-refractivity contribution in [1.29, 1.82) is 0 Å². The van der Waals surface area contributed by atoms with Gasteiger partial charge in [-0.3, -0.25) is 9.20 Å². The zero-order valence-corrected chi connectivity index (χ0v) is 18.9. The summed E-state index contributed by atoms with van der Waals surface area (Å²) in [5.74, 6) is -1.28. The lowest BCUT2D eigenvalue weighted by Crippen LogP contribution is -2.28. The molecule has 0 aliphatic rings. The van der Waals surface area contributed by atoms with E-state index >= 15 is 0 Å². The average Bonchev–Trinajstić information content (AvgIpc) is 3.13. The monoisotopic (exact) mass is 449 g/mol. The molecule has 0 atom stereocenters. The van der Waals surface area contributed by atoms with Gasteiger partial charge in [0.15, 0.2) is 21.4 Å². The second kappa shape index (κ2) is 7.84. The van der Waals surface area contributed by atoms with E-state index in [1.54, 1.807) is 20.8 Å². The number of methoxy groups -OCH3 is 2. The van der Waals surface area contributed by atoms with Gasteiger partial charge in [0, 0.05) is 24.9 Å². The Morgan fingerprint density at radius 2 is 1.84 bits per heavy atom. The van der Waals surface area contributed by atoms with E-state index in [2.05, 4.69) is 10.3 Å². The summed E-state index contributed by atoms with van der Waals surface area (Å²) in [6.07, 6.45) is 2.87. The van der Waals surface area contributed by atoms with E-state index in [-0.39, 0.29) is 22.0 Å². The standard InChI is InChI=1S/C21H24FN3O5S/c1-21(2,3)31(27,28)17-11-25-15(10-24-18(25)9-16(17)29-5)12-7-13(20(26)23-4)19(30-6)14(22)8-12/h7-11H,1-6H3,(H,23,26). The molecule has 10 heteroatoms. The average molecular weight is 450 g/mol. The predicted octanol–water partition coefficient (Wildman–Crippen LogP) is 3.09. The maximum Gasteiger partial charge on any atom is 0.254 e. The molecule has 8 nitrogen and oxygen atoms in total. The molecule has 2 heterocycles. The Kier molecular flexibility index (Phi) is 5.70. The van der Waals surface area contributed by atoms with Crippen molar-refractivity contribution in [3.63, 3.8) is 0 Å². The zero-order chi connectivity index (χ0) is 23.1. The van der Waals surface area contributed by atoms with Gasteiger partial charge in [0.2, 0.25) is 0 Å². The highest BCUT2D eigenvalue weighted by Gasteiger charge is 2.34. The van der Waals surface area contributed by atoms with Gasteiger partial charge in [-0.25, -0.2) is 17.8 Å². The van der Waals surface area contributed by atoms with Crippen LogP contribution in [-0.2, 0) is 9.84 Å². The third-order valence-electron chi connectivity index (χ3n) is 4.91. The molecule has 0 saturated heterocycles. The molecule has 0 bridgehead atoms. The summed E-state index contributed by atoms with van der Waals surface area (Å²) in [7, 11) is 0.317. The van der Waals surface area contributed by atoms with Gasteiger partial charge in [-0.05, 0) is 32.9 Å². The molecule has 31 heavy (non-hydrogen) atoms. The van der Waals surface area contributed by atoms with Gasteiger partial charge in [-0.15, -0.1) is 0 Å². The number of carbonyl (C=O) groups is 1. The molecule has 2 aromatic heterocycles. The fourth-order valence-electron chi connectivity index (χ4n) is 3.14. The highest BCUT2D eigenvalue weighted by atomic mass is 32.2. The highest BCUT2D eigenvalue weighted by molar-refractivity contribution is 7.92. The van der Waals surface area contributed by atoms with Crippen LogP contribution in [0.25, 0.3) is 16.9 Å². The minimum absolute atomic E-state index is 0.00555. The molecule has 0 aliphatic carbocycles. The summed E-state index contributed by atoms with van der Waals surface area (Å²) < 4.78 is 51.7. The van der Waals surface area contributed by atoms with Crippen LogP contribution < -0.4 is 14.8 Å².